The van der Waals surface area contributed by atoms with Gasteiger partial charge in [0, 0.05) is 45.0 Å². The molecule has 0 spiro atoms. The Hall–Kier alpha value is -3.92. The van der Waals surface area contributed by atoms with Crippen molar-refractivity contribution in [2.45, 2.75) is 12.5 Å². The van der Waals surface area contributed by atoms with Crippen LogP contribution in [0.4, 0.5) is 5.69 Å². The summed E-state index contributed by atoms with van der Waals surface area (Å²) < 4.78 is 5.76. The second-order valence-corrected chi connectivity index (χ2v) is 8.50. The molecule has 0 saturated carbocycles. The maximum atomic E-state index is 13.0. The summed E-state index contributed by atoms with van der Waals surface area (Å²) in [5.41, 5.74) is 0.567. The largest absolute Gasteiger partial charge is 0.457 e. The highest BCUT2D eigenvalue weighted by molar-refractivity contribution is 5.97. The van der Waals surface area contributed by atoms with Gasteiger partial charge in [0.15, 0.2) is 0 Å². The molecule has 10 nitrogen and oxygen atoms in total. The lowest BCUT2D eigenvalue weighted by Crippen LogP contribution is -2.60. The Kier molecular flexibility index (Phi) is 7.94. The van der Waals surface area contributed by atoms with Crippen molar-refractivity contribution in [3.63, 3.8) is 0 Å². The number of nitrogens with zero attached hydrogens (tertiary/aromatic N) is 3. The van der Waals surface area contributed by atoms with E-state index >= 15 is 0 Å². The first-order valence-corrected chi connectivity index (χ1v) is 11.6. The fourth-order valence-electron chi connectivity index (χ4n) is 4.14. The van der Waals surface area contributed by atoms with Crippen LogP contribution in [-0.2, 0) is 19.2 Å². The van der Waals surface area contributed by atoms with E-state index in [4.69, 9.17) is 4.74 Å². The molecule has 0 aliphatic carbocycles. The maximum absolute atomic E-state index is 13.0. The van der Waals surface area contributed by atoms with Crippen LogP contribution in [0.3, 0.4) is 0 Å². The van der Waals surface area contributed by atoms with Crippen LogP contribution in [0.1, 0.15) is 6.42 Å². The van der Waals surface area contributed by atoms with Crippen LogP contribution in [0.5, 0.6) is 11.5 Å². The van der Waals surface area contributed by atoms with Crippen molar-refractivity contribution in [3.05, 3.63) is 54.6 Å². The Bertz CT molecular complexity index is 1040. The number of nitrogens with one attached hydrogen (secondary N) is 2. The number of rotatable bonds is 8. The lowest BCUT2D eigenvalue weighted by atomic mass is 10.1. The molecule has 2 aromatic carbocycles. The summed E-state index contributed by atoms with van der Waals surface area (Å²) in [6, 6.07) is 15.4. The summed E-state index contributed by atoms with van der Waals surface area (Å²) >= 11 is 0. The molecule has 2 N–H and O–H groups in total. The van der Waals surface area contributed by atoms with Gasteiger partial charge in [-0.3, -0.25) is 24.1 Å². The summed E-state index contributed by atoms with van der Waals surface area (Å²) in [6.45, 7) is 3.18. The number of benzene rings is 2. The van der Waals surface area contributed by atoms with Gasteiger partial charge < -0.3 is 25.2 Å². The zero-order chi connectivity index (χ0) is 24.6. The Morgan fingerprint density at radius 2 is 1.66 bits per heavy atom. The molecule has 0 radical (unpaired) electrons. The van der Waals surface area contributed by atoms with E-state index in [0.29, 0.717) is 56.5 Å². The topological polar surface area (TPSA) is 111 Å². The van der Waals surface area contributed by atoms with Crippen molar-refractivity contribution in [3.8, 4) is 11.5 Å². The van der Waals surface area contributed by atoms with Crippen molar-refractivity contribution in [2.75, 3.05) is 51.1 Å². The van der Waals surface area contributed by atoms with Crippen LogP contribution < -0.4 is 15.4 Å². The van der Waals surface area contributed by atoms with Crippen molar-refractivity contribution >= 4 is 29.8 Å². The second kappa shape index (κ2) is 11.5. The molecule has 1 atom stereocenters. The van der Waals surface area contributed by atoms with Gasteiger partial charge in [-0.15, -0.1) is 0 Å². The smallest absolute Gasteiger partial charge is 0.243 e. The highest BCUT2D eigenvalue weighted by Crippen LogP contribution is 2.23. The Morgan fingerprint density at radius 3 is 2.34 bits per heavy atom. The van der Waals surface area contributed by atoms with Gasteiger partial charge in [0.2, 0.25) is 24.1 Å². The van der Waals surface area contributed by atoms with E-state index in [0.717, 1.165) is 6.41 Å². The molecule has 0 aromatic heterocycles. The molecule has 4 amide bonds. The molecule has 35 heavy (non-hydrogen) atoms. The highest BCUT2D eigenvalue weighted by Gasteiger charge is 2.35. The predicted molar refractivity (Wildman–Crippen MR) is 129 cm³/mol. The summed E-state index contributed by atoms with van der Waals surface area (Å²) in [5, 5.41) is 5.54. The number of para-hydroxylation sites is 1. The number of carbonyl (C=O) groups excluding carboxylic acids is 4. The number of hydrogen-bond acceptors (Lipinski definition) is 6. The molecule has 2 saturated heterocycles. The van der Waals surface area contributed by atoms with Gasteiger partial charge in [0.25, 0.3) is 0 Å². The van der Waals surface area contributed by atoms with Gasteiger partial charge in [-0.25, -0.2) is 0 Å². The van der Waals surface area contributed by atoms with Crippen molar-refractivity contribution < 1.29 is 23.9 Å². The molecule has 0 bridgehead atoms. The minimum Gasteiger partial charge on any atom is -0.457 e. The molecule has 184 valence electrons. The van der Waals surface area contributed by atoms with E-state index in [1.807, 2.05) is 35.2 Å². The van der Waals surface area contributed by atoms with Crippen LogP contribution in [-0.4, -0.2) is 90.7 Å². The number of anilines is 1. The fourth-order valence-corrected chi connectivity index (χ4v) is 4.14. The standard InChI is InChI=1S/C25H29N5O5/c31-18-29-14-12-28(13-15-29)17-24(33)30-11-10-26-25(34)22(30)16-23(32)27-19-6-8-21(9-7-19)35-20-4-2-1-3-5-20/h1-9,18,22H,10-17H2,(H,26,34)(H,27,32)/t22-/m1/s1. The number of amides is 4. The maximum Gasteiger partial charge on any atom is 0.243 e. The van der Waals surface area contributed by atoms with Crippen molar-refractivity contribution in [2.24, 2.45) is 0 Å². The number of carbonyl (C=O) groups is 4. The summed E-state index contributed by atoms with van der Waals surface area (Å²) in [5.74, 6) is 0.451. The van der Waals surface area contributed by atoms with E-state index in [1.165, 1.54) is 4.90 Å². The average Bonchev–Trinajstić information content (AvgIpc) is 2.87. The fraction of sp³-hybridized carbons (Fsp3) is 0.360. The summed E-state index contributed by atoms with van der Waals surface area (Å²) in [6.07, 6.45) is 0.672. The first-order chi connectivity index (χ1) is 17.0. The lowest BCUT2D eigenvalue weighted by molar-refractivity contribution is -0.145. The molecule has 0 unspecified atom stereocenters. The zero-order valence-electron chi connectivity index (χ0n) is 19.4. The van der Waals surface area contributed by atoms with Gasteiger partial charge in [0.05, 0.1) is 13.0 Å². The SMILES string of the molecule is O=CN1CCN(CC(=O)N2CCNC(=O)[C@H]2CC(=O)Nc2ccc(Oc3ccccc3)cc2)CC1. The number of ether oxygens (including phenoxy) is 1. The van der Waals surface area contributed by atoms with E-state index in [2.05, 4.69) is 10.6 Å². The molecule has 10 heteroatoms. The van der Waals surface area contributed by atoms with Crippen LogP contribution in [0.25, 0.3) is 0 Å². The molecule has 2 aliphatic rings. The highest BCUT2D eigenvalue weighted by atomic mass is 16.5. The van der Waals surface area contributed by atoms with Gasteiger partial charge in [-0.1, -0.05) is 18.2 Å². The lowest BCUT2D eigenvalue weighted by Gasteiger charge is -2.37. The second-order valence-electron chi connectivity index (χ2n) is 8.50. The minimum atomic E-state index is -0.867. The van der Waals surface area contributed by atoms with E-state index in [9.17, 15) is 19.2 Å². The van der Waals surface area contributed by atoms with Crippen LogP contribution >= 0.6 is 0 Å². The van der Waals surface area contributed by atoms with E-state index in [-0.39, 0.29) is 30.7 Å². The third-order valence-electron chi connectivity index (χ3n) is 6.06. The van der Waals surface area contributed by atoms with Crippen LogP contribution in [0.2, 0.25) is 0 Å². The first-order valence-electron chi connectivity index (χ1n) is 11.6. The molecule has 2 fully saturated rings. The Balaban J connectivity index is 1.31. The van der Waals surface area contributed by atoms with Crippen molar-refractivity contribution in [1.82, 2.24) is 20.0 Å². The molecule has 2 heterocycles. The summed E-state index contributed by atoms with van der Waals surface area (Å²) in [7, 11) is 0. The average molecular weight is 480 g/mol. The molecule has 2 aromatic rings. The van der Waals surface area contributed by atoms with Crippen LogP contribution in [0, 0.1) is 0 Å². The normalized spacial score (nSPS) is 18.5. The molecular formula is C25H29N5O5. The third kappa shape index (κ3) is 6.57. The quantitative estimate of drug-likeness (QED) is 0.545. The zero-order valence-corrected chi connectivity index (χ0v) is 19.4. The van der Waals surface area contributed by atoms with Gasteiger partial charge in [0.1, 0.15) is 17.5 Å². The van der Waals surface area contributed by atoms with E-state index < -0.39 is 6.04 Å². The Morgan fingerprint density at radius 1 is 0.971 bits per heavy atom. The van der Waals surface area contributed by atoms with Crippen LogP contribution in [0.15, 0.2) is 54.6 Å². The monoisotopic (exact) mass is 479 g/mol. The predicted octanol–water partition coefficient (Wildman–Crippen LogP) is 0.909. The number of piperazine rings is 2. The van der Waals surface area contributed by atoms with Gasteiger partial charge >= 0.3 is 0 Å². The molecule has 4 rings (SSSR count). The van der Waals surface area contributed by atoms with E-state index in [1.54, 1.807) is 29.2 Å². The molecule has 2 aliphatic heterocycles. The summed E-state index contributed by atoms with van der Waals surface area (Å²) in [4.78, 5) is 54.2. The number of hydrogen-bond donors (Lipinski definition) is 2. The van der Waals surface area contributed by atoms with Crippen molar-refractivity contribution in [1.29, 1.82) is 0 Å². The first kappa shape index (κ1) is 24.2. The minimum absolute atomic E-state index is 0.140. The third-order valence-corrected chi connectivity index (χ3v) is 6.06. The van der Waals surface area contributed by atoms with Gasteiger partial charge in [-0.2, -0.15) is 0 Å². The molecular weight excluding hydrogens is 450 g/mol. The Labute approximate surface area is 203 Å². The van der Waals surface area contributed by atoms with Gasteiger partial charge in [-0.05, 0) is 36.4 Å².